The van der Waals surface area contributed by atoms with Crippen molar-refractivity contribution in [1.29, 1.82) is 0 Å². The summed E-state index contributed by atoms with van der Waals surface area (Å²) in [6.07, 6.45) is 5.48. The molecule has 2 fully saturated rings. The second-order valence-electron chi connectivity index (χ2n) is 6.81. The molecular formula is C18H22BrNO3. The number of rotatable bonds is 5. The van der Waals surface area contributed by atoms with Crippen LogP contribution in [-0.4, -0.2) is 18.5 Å². The van der Waals surface area contributed by atoms with E-state index in [1.807, 2.05) is 25.1 Å². The fourth-order valence-corrected chi connectivity index (χ4v) is 4.29. The second-order valence-corrected chi connectivity index (χ2v) is 7.67. The minimum absolute atomic E-state index is 0.217. The van der Waals surface area contributed by atoms with Gasteiger partial charge in [0, 0.05) is 16.6 Å². The molecule has 5 heteroatoms. The molecular weight excluding hydrogens is 358 g/mol. The summed E-state index contributed by atoms with van der Waals surface area (Å²) >= 11 is 3.43. The lowest BCUT2D eigenvalue weighted by atomic mass is 9.86. The monoisotopic (exact) mass is 379 g/mol. The number of nitrogens with one attached hydrogen (secondary N) is 1. The van der Waals surface area contributed by atoms with Crippen LogP contribution in [0.4, 0.5) is 5.69 Å². The Morgan fingerprint density at radius 2 is 2.13 bits per heavy atom. The molecule has 1 amide bonds. The molecule has 0 spiro atoms. The highest BCUT2D eigenvalue weighted by Crippen LogP contribution is 2.49. The average molecular weight is 380 g/mol. The molecule has 124 valence electrons. The fraction of sp³-hybridized carbons (Fsp3) is 0.556. The number of carbonyl (C=O) groups excluding carboxylic acids is 2. The predicted octanol–water partition coefficient (Wildman–Crippen LogP) is 4.07. The standard InChI is InChI=1S/C18H22BrNO3/c1-11-2-5-15(9-16(11)19)20-17(21)10-23-18(22)8-14-7-12-3-4-13(14)6-12/h2,5,9,12-14H,3-4,6-8,10H2,1H3,(H,20,21)/t12-,13-,14+/m1/s1. The van der Waals surface area contributed by atoms with Crippen molar-refractivity contribution in [2.24, 2.45) is 17.8 Å². The van der Waals surface area contributed by atoms with Crippen molar-refractivity contribution in [2.75, 3.05) is 11.9 Å². The van der Waals surface area contributed by atoms with Crippen LogP contribution in [-0.2, 0) is 14.3 Å². The van der Waals surface area contributed by atoms with E-state index in [0.717, 1.165) is 22.4 Å². The number of esters is 1. The van der Waals surface area contributed by atoms with Crippen molar-refractivity contribution in [3.63, 3.8) is 0 Å². The minimum atomic E-state index is -0.304. The van der Waals surface area contributed by atoms with Crippen molar-refractivity contribution in [3.05, 3.63) is 28.2 Å². The molecule has 1 aromatic rings. The van der Waals surface area contributed by atoms with E-state index >= 15 is 0 Å². The molecule has 0 aromatic heterocycles. The summed E-state index contributed by atoms with van der Waals surface area (Å²) in [5.41, 5.74) is 1.79. The van der Waals surface area contributed by atoms with Crippen LogP contribution in [0.1, 0.15) is 37.7 Å². The first kappa shape index (κ1) is 16.5. The summed E-state index contributed by atoms with van der Waals surface area (Å²) in [6.45, 7) is 1.76. The first-order chi connectivity index (χ1) is 11.0. The van der Waals surface area contributed by atoms with E-state index < -0.39 is 0 Å². The van der Waals surface area contributed by atoms with Gasteiger partial charge in [0.1, 0.15) is 0 Å². The molecule has 0 aliphatic heterocycles. The molecule has 3 atom stereocenters. The van der Waals surface area contributed by atoms with Crippen LogP contribution < -0.4 is 5.32 Å². The summed E-state index contributed by atoms with van der Waals surface area (Å²) in [6, 6.07) is 5.58. The molecule has 0 heterocycles. The molecule has 23 heavy (non-hydrogen) atoms. The number of fused-ring (bicyclic) bond motifs is 2. The van der Waals surface area contributed by atoms with Gasteiger partial charge in [-0.1, -0.05) is 28.4 Å². The smallest absolute Gasteiger partial charge is 0.306 e. The summed E-state index contributed by atoms with van der Waals surface area (Å²) in [5, 5.41) is 2.74. The van der Waals surface area contributed by atoms with Gasteiger partial charge in [-0.05, 0) is 61.6 Å². The van der Waals surface area contributed by atoms with Gasteiger partial charge in [-0.3, -0.25) is 9.59 Å². The number of amides is 1. The molecule has 2 aliphatic rings. The Hall–Kier alpha value is -1.36. The third kappa shape index (κ3) is 4.14. The van der Waals surface area contributed by atoms with Crippen LogP contribution in [0.3, 0.4) is 0 Å². The van der Waals surface area contributed by atoms with Gasteiger partial charge in [-0.15, -0.1) is 0 Å². The number of halogens is 1. The largest absolute Gasteiger partial charge is 0.456 e. The maximum Gasteiger partial charge on any atom is 0.306 e. The molecule has 4 nitrogen and oxygen atoms in total. The molecule has 2 saturated carbocycles. The van der Waals surface area contributed by atoms with Crippen LogP contribution in [0.2, 0.25) is 0 Å². The summed E-state index contributed by atoms with van der Waals surface area (Å²) < 4.78 is 6.07. The van der Waals surface area contributed by atoms with E-state index in [1.54, 1.807) is 0 Å². The van der Waals surface area contributed by atoms with Crippen LogP contribution in [0.5, 0.6) is 0 Å². The van der Waals surface area contributed by atoms with Crippen molar-refractivity contribution < 1.29 is 14.3 Å². The van der Waals surface area contributed by atoms with Crippen LogP contribution >= 0.6 is 15.9 Å². The quantitative estimate of drug-likeness (QED) is 0.784. The molecule has 2 aliphatic carbocycles. The summed E-state index contributed by atoms with van der Waals surface area (Å²) in [4.78, 5) is 23.8. The lowest BCUT2D eigenvalue weighted by Crippen LogP contribution is -2.23. The highest BCUT2D eigenvalue weighted by molar-refractivity contribution is 9.10. The highest BCUT2D eigenvalue weighted by Gasteiger charge is 2.40. The molecule has 2 bridgehead atoms. The number of aryl methyl sites for hydroxylation is 1. The van der Waals surface area contributed by atoms with Gasteiger partial charge in [-0.2, -0.15) is 0 Å². The normalized spacial score (nSPS) is 25.4. The third-order valence-electron chi connectivity index (χ3n) is 5.13. The van der Waals surface area contributed by atoms with Crippen molar-refractivity contribution in [2.45, 2.75) is 39.0 Å². The third-order valence-corrected chi connectivity index (χ3v) is 5.99. The van der Waals surface area contributed by atoms with Crippen LogP contribution in [0.25, 0.3) is 0 Å². The topological polar surface area (TPSA) is 55.4 Å². The number of hydrogen-bond acceptors (Lipinski definition) is 3. The van der Waals surface area contributed by atoms with Gasteiger partial charge in [0.25, 0.3) is 5.91 Å². The first-order valence-electron chi connectivity index (χ1n) is 8.23. The number of carbonyl (C=O) groups is 2. The molecule has 0 saturated heterocycles. The molecule has 0 radical (unpaired) electrons. The van der Waals surface area contributed by atoms with Crippen molar-refractivity contribution >= 4 is 33.5 Å². The van der Waals surface area contributed by atoms with Crippen LogP contribution in [0.15, 0.2) is 22.7 Å². The average Bonchev–Trinajstić information content (AvgIpc) is 3.12. The maximum absolute atomic E-state index is 11.9. The van der Waals surface area contributed by atoms with Gasteiger partial charge >= 0.3 is 5.97 Å². The Kier molecular flexibility index (Phi) is 5.05. The Labute approximate surface area is 145 Å². The number of ether oxygens (including phenoxy) is 1. The van der Waals surface area contributed by atoms with E-state index in [1.165, 1.54) is 19.3 Å². The van der Waals surface area contributed by atoms with Gasteiger partial charge < -0.3 is 10.1 Å². The number of benzene rings is 1. The van der Waals surface area contributed by atoms with Gasteiger partial charge in [0.2, 0.25) is 0 Å². The molecule has 3 rings (SSSR count). The first-order valence-corrected chi connectivity index (χ1v) is 9.02. The van der Waals surface area contributed by atoms with E-state index in [4.69, 9.17) is 4.74 Å². The van der Waals surface area contributed by atoms with Gasteiger partial charge in [-0.25, -0.2) is 0 Å². The summed E-state index contributed by atoms with van der Waals surface area (Å²) in [7, 11) is 0. The van der Waals surface area contributed by atoms with E-state index in [2.05, 4.69) is 21.2 Å². The summed E-state index contributed by atoms with van der Waals surface area (Å²) in [5.74, 6) is 1.44. The fourth-order valence-electron chi connectivity index (χ4n) is 3.91. The minimum Gasteiger partial charge on any atom is -0.456 e. The second kappa shape index (κ2) is 7.04. The zero-order valence-corrected chi connectivity index (χ0v) is 14.9. The Morgan fingerprint density at radius 1 is 1.30 bits per heavy atom. The van der Waals surface area contributed by atoms with Gasteiger partial charge in [0.05, 0.1) is 0 Å². The van der Waals surface area contributed by atoms with Crippen LogP contribution in [0, 0.1) is 24.7 Å². The number of anilines is 1. The van der Waals surface area contributed by atoms with E-state index in [9.17, 15) is 9.59 Å². The van der Waals surface area contributed by atoms with E-state index in [-0.39, 0.29) is 18.5 Å². The highest BCUT2D eigenvalue weighted by atomic mass is 79.9. The molecule has 1 aromatic carbocycles. The number of hydrogen-bond donors (Lipinski definition) is 1. The maximum atomic E-state index is 11.9. The van der Waals surface area contributed by atoms with Crippen molar-refractivity contribution in [1.82, 2.24) is 0 Å². The van der Waals surface area contributed by atoms with Gasteiger partial charge in [0.15, 0.2) is 6.61 Å². The predicted molar refractivity (Wildman–Crippen MR) is 92.0 cm³/mol. The Bertz CT molecular complexity index is 616. The zero-order valence-electron chi connectivity index (χ0n) is 13.3. The SMILES string of the molecule is Cc1ccc(NC(=O)COC(=O)C[C@@H]2C[C@@H]3CC[C@@H]2C3)cc1Br. The zero-order chi connectivity index (χ0) is 16.4. The molecule has 0 unspecified atom stereocenters. The molecule has 1 N–H and O–H groups in total. The van der Waals surface area contributed by atoms with E-state index in [0.29, 0.717) is 23.9 Å². The Morgan fingerprint density at radius 3 is 2.78 bits per heavy atom. The van der Waals surface area contributed by atoms with Crippen molar-refractivity contribution in [3.8, 4) is 0 Å². The lowest BCUT2D eigenvalue weighted by molar-refractivity contribution is -0.148. The lowest BCUT2D eigenvalue weighted by Gasteiger charge is -2.20. The Balaban J connectivity index is 1.41.